The van der Waals surface area contributed by atoms with E-state index < -0.39 is 0 Å². The first-order valence-electron chi connectivity index (χ1n) is 11.4. The maximum atomic E-state index is 13.0. The van der Waals surface area contributed by atoms with E-state index in [-0.39, 0.29) is 23.6 Å². The number of hydrogen-bond donors (Lipinski definition) is 0. The van der Waals surface area contributed by atoms with Crippen molar-refractivity contribution in [2.45, 2.75) is 32.6 Å². The van der Waals surface area contributed by atoms with Gasteiger partial charge in [-0.05, 0) is 48.6 Å². The van der Waals surface area contributed by atoms with Crippen molar-refractivity contribution in [2.24, 2.45) is 5.92 Å². The van der Waals surface area contributed by atoms with E-state index >= 15 is 0 Å². The van der Waals surface area contributed by atoms with Crippen molar-refractivity contribution < 1.29 is 18.8 Å². The minimum Gasteiger partial charge on any atom is -0.459 e. The number of rotatable bonds is 4. The molecule has 3 heterocycles. The molecule has 0 bridgehead atoms. The smallest absolute Gasteiger partial charge is 0.289 e. The van der Waals surface area contributed by atoms with Crippen molar-refractivity contribution >= 4 is 17.7 Å². The van der Waals surface area contributed by atoms with Crippen molar-refractivity contribution in [1.82, 2.24) is 14.7 Å². The van der Waals surface area contributed by atoms with Crippen molar-refractivity contribution in [2.75, 3.05) is 39.3 Å². The van der Waals surface area contributed by atoms with Crippen LogP contribution in [-0.4, -0.2) is 71.7 Å². The lowest BCUT2D eigenvalue weighted by atomic mass is 9.94. The largest absolute Gasteiger partial charge is 0.459 e. The summed E-state index contributed by atoms with van der Waals surface area (Å²) < 4.78 is 5.20. The predicted octanol–water partition coefficient (Wildman–Crippen LogP) is 3.24. The molecule has 2 aliphatic heterocycles. The third-order valence-electron chi connectivity index (χ3n) is 6.57. The SMILES string of the molecule is CC(C)c1ccc(C(=O)N2CCN(C(=O)C3CCN(C(=O)c4ccco4)CC3)CC2)cc1. The number of amides is 3. The fraction of sp³-hybridized carbons (Fsp3) is 0.480. The van der Waals surface area contributed by atoms with E-state index in [9.17, 15) is 14.4 Å². The van der Waals surface area contributed by atoms with E-state index in [2.05, 4.69) is 13.8 Å². The lowest BCUT2D eigenvalue weighted by Crippen LogP contribution is -2.53. The first-order chi connectivity index (χ1) is 15.4. The van der Waals surface area contributed by atoms with Crippen LogP contribution < -0.4 is 0 Å². The number of benzene rings is 1. The van der Waals surface area contributed by atoms with Crippen LogP contribution in [-0.2, 0) is 4.79 Å². The number of piperidine rings is 1. The Kier molecular flexibility index (Phi) is 6.63. The Balaban J connectivity index is 1.26. The highest BCUT2D eigenvalue weighted by Crippen LogP contribution is 2.23. The van der Waals surface area contributed by atoms with Crippen LogP contribution in [0.3, 0.4) is 0 Å². The zero-order valence-electron chi connectivity index (χ0n) is 18.8. The van der Waals surface area contributed by atoms with Crippen LogP contribution in [0.1, 0.15) is 59.1 Å². The molecule has 0 radical (unpaired) electrons. The highest BCUT2D eigenvalue weighted by molar-refractivity contribution is 5.94. The second-order valence-electron chi connectivity index (χ2n) is 8.94. The van der Waals surface area contributed by atoms with Crippen molar-refractivity contribution in [3.8, 4) is 0 Å². The van der Waals surface area contributed by atoms with E-state index in [4.69, 9.17) is 4.42 Å². The summed E-state index contributed by atoms with van der Waals surface area (Å²) in [6, 6.07) is 11.2. The van der Waals surface area contributed by atoms with E-state index in [1.165, 1.54) is 11.8 Å². The Labute approximate surface area is 189 Å². The van der Waals surface area contributed by atoms with Gasteiger partial charge in [0.15, 0.2) is 5.76 Å². The summed E-state index contributed by atoms with van der Waals surface area (Å²) in [6.45, 7) is 7.59. The summed E-state index contributed by atoms with van der Waals surface area (Å²) in [5.41, 5.74) is 1.91. The first kappa shape index (κ1) is 22.1. The van der Waals surface area contributed by atoms with Gasteiger partial charge in [-0.2, -0.15) is 0 Å². The zero-order chi connectivity index (χ0) is 22.7. The Morgan fingerprint density at radius 1 is 0.812 bits per heavy atom. The lowest BCUT2D eigenvalue weighted by molar-refractivity contribution is -0.138. The van der Waals surface area contributed by atoms with E-state index in [1.807, 2.05) is 34.1 Å². The average Bonchev–Trinajstić information content (AvgIpc) is 3.38. The van der Waals surface area contributed by atoms with E-state index in [1.54, 1.807) is 17.0 Å². The molecule has 2 fully saturated rings. The molecule has 1 aromatic carbocycles. The van der Waals surface area contributed by atoms with Gasteiger partial charge in [0.2, 0.25) is 5.91 Å². The summed E-state index contributed by atoms with van der Waals surface area (Å²) in [4.78, 5) is 43.7. The Morgan fingerprint density at radius 3 is 1.97 bits per heavy atom. The normalized spacial score (nSPS) is 17.7. The van der Waals surface area contributed by atoms with Gasteiger partial charge in [-0.3, -0.25) is 14.4 Å². The molecule has 7 heteroatoms. The second-order valence-corrected chi connectivity index (χ2v) is 8.94. The molecule has 0 spiro atoms. The van der Waals surface area contributed by atoms with Gasteiger partial charge in [0.05, 0.1) is 6.26 Å². The Bertz CT molecular complexity index is 936. The predicted molar refractivity (Wildman–Crippen MR) is 120 cm³/mol. The van der Waals surface area contributed by atoms with Gasteiger partial charge in [0.1, 0.15) is 0 Å². The van der Waals surface area contributed by atoms with Gasteiger partial charge in [0, 0.05) is 50.7 Å². The third kappa shape index (κ3) is 4.71. The van der Waals surface area contributed by atoms with Crippen molar-refractivity contribution in [3.05, 3.63) is 59.5 Å². The highest BCUT2D eigenvalue weighted by Gasteiger charge is 2.33. The number of hydrogen-bond acceptors (Lipinski definition) is 4. The van der Waals surface area contributed by atoms with Crippen molar-refractivity contribution in [1.29, 1.82) is 0 Å². The summed E-state index contributed by atoms with van der Waals surface area (Å²) in [7, 11) is 0. The fourth-order valence-electron chi connectivity index (χ4n) is 4.47. The molecule has 0 aliphatic carbocycles. The van der Waals surface area contributed by atoms with Gasteiger partial charge >= 0.3 is 0 Å². The molecular formula is C25H31N3O4. The van der Waals surface area contributed by atoms with Crippen LogP contribution in [0.5, 0.6) is 0 Å². The molecule has 170 valence electrons. The monoisotopic (exact) mass is 437 g/mol. The van der Waals surface area contributed by atoms with Crippen LogP contribution in [0.2, 0.25) is 0 Å². The fourth-order valence-corrected chi connectivity index (χ4v) is 4.47. The standard InChI is InChI=1S/C25H31N3O4/c1-18(2)19-5-7-20(8-6-19)23(29)27-13-15-28(16-14-27)24(30)21-9-11-26(12-10-21)25(31)22-4-3-17-32-22/h3-8,17-18,21H,9-16H2,1-2H3. The van der Waals surface area contributed by atoms with Gasteiger partial charge in [-0.15, -0.1) is 0 Å². The summed E-state index contributed by atoms with van der Waals surface area (Å²) in [6.07, 6.45) is 2.81. The van der Waals surface area contributed by atoms with E-state index in [0.717, 1.165) is 0 Å². The van der Waals surface area contributed by atoms with Crippen LogP contribution >= 0.6 is 0 Å². The highest BCUT2D eigenvalue weighted by atomic mass is 16.3. The molecule has 1 aromatic heterocycles. The van der Waals surface area contributed by atoms with Crippen LogP contribution in [0.25, 0.3) is 0 Å². The van der Waals surface area contributed by atoms with E-state index in [0.29, 0.717) is 69.4 Å². The molecule has 0 unspecified atom stereocenters. The third-order valence-corrected chi connectivity index (χ3v) is 6.57. The van der Waals surface area contributed by atoms with Gasteiger partial charge in [-0.1, -0.05) is 26.0 Å². The maximum Gasteiger partial charge on any atom is 0.289 e. The summed E-state index contributed by atoms with van der Waals surface area (Å²) in [5, 5.41) is 0. The minimum atomic E-state index is -0.116. The Morgan fingerprint density at radius 2 is 1.41 bits per heavy atom. The molecular weight excluding hydrogens is 406 g/mol. The number of carbonyl (C=O) groups is 3. The molecule has 0 saturated carbocycles. The number of nitrogens with zero attached hydrogens (tertiary/aromatic N) is 3. The minimum absolute atomic E-state index is 0.0251. The molecule has 32 heavy (non-hydrogen) atoms. The van der Waals surface area contributed by atoms with Crippen LogP contribution in [0.15, 0.2) is 47.1 Å². The van der Waals surface area contributed by atoms with Gasteiger partial charge in [0.25, 0.3) is 11.8 Å². The molecule has 2 aliphatic rings. The molecule has 0 atom stereocenters. The summed E-state index contributed by atoms with van der Waals surface area (Å²) in [5.74, 6) is 0.759. The average molecular weight is 438 g/mol. The second kappa shape index (κ2) is 9.59. The molecule has 2 aromatic rings. The number of carbonyl (C=O) groups excluding carboxylic acids is 3. The van der Waals surface area contributed by atoms with Crippen LogP contribution in [0, 0.1) is 5.92 Å². The molecule has 4 rings (SSSR count). The topological polar surface area (TPSA) is 74.1 Å². The Hall–Kier alpha value is -3.09. The van der Waals surface area contributed by atoms with Crippen molar-refractivity contribution in [3.63, 3.8) is 0 Å². The first-order valence-corrected chi connectivity index (χ1v) is 11.4. The molecule has 2 saturated heterocycles. The number of furan rings is 1. The van der Waals surface area contributed by atoms with Gasteiger partial charge < -0.3 is 19.1 Å². The number of likely N-dealkylation sites (tertiary alicyclic amines) is 1. The van der Waals surface area contributed by atoms with Gasteiger partial charge in [-0.25, -0.2) is 0 Å². The lowest BCUT2D eigenvalue weighted by Gasteiger charge is -2.38. The summed E-state index contributed by atoms with van der Waals surface area (Å²) >= 11 is 0. The van der Waals surface area contributed by atoms with Crippen LogP contribution in [0.4, 0.5) is 0 Å². The molecule has 3 amide bonds. The molecule has 0 N–H and O–H groups in total. The molecule has 7 nitrogen and oxygen atoms in total. The zero-order valence-corrected chi connectivity index (χ0v) is 18.8. The maximum absolute atomic E-state index is 13.0. The quantitative estimate of drug-likeness (QED) is 0.736. The number of piperazine rings is 1.